The number of aromatic nitrogens is 2. The molecule has 0 aliphatic rings. The Morgan fingerprint density at radius 3 is 2.78 bits per heavy atom. The number of hydrogen-bond acceptors (Lipinski definition) is 6. The molecule has 8 heteroatoms. The molecular formula is C15H11FN4O2S. The highest BCUT2D eigenvalue weighted by atomic mass is 32.1. The van der Waals surface area contributed by atoms with Gasteiger partial charge >= 0.3 is 0 Å². The van der Waals surface area contributed by atoms with Gasteiger partial charge in [-0.25, -0.2) is 9.37 Å². The standard InChI is InChI=1S/C15H11FN4O2S/c16-12-2-1-11(13(7-12)20(21)22)8-18-14-9-23-15(19-14)10-3-5-17-6-4-10/h1-7,9,18H,8H2. The van der Waals surface area contributed by atoms with E-state index in [1.165, 1.54) is 23.5 Å². The van der Waals surface area contributed by atoms with Gasteiger partial charge in [-0.2, -0.15) is 0 Å². The lowest BCUT2D eigenvalue weighted by Crippen LogP contribution is -2.03. The topological polar surface area (TPSA) is 81.0 Å². The Kier molecular flexibility index (Phi) is 4.24. The molecule has 116 valence electrons. The third kappa shape index (κ3) is 3.49. The number of thiazole rings is 1. The molecule has 0 atom stereocenters. The Hall–Kier alpha value is -2.87. The van der Waals surface area contributed by atoms with Crippen LogP contribution in [0, 0.1) is 15.9 Å². The summed E-state index contributed by atoms with van der Waals surface area (Å²) in [5.41, 5.74) is 1.10. The van der Waals surface area contributed by atoms with Crippen LogP contribution in [0.3, 0.4) is 0 Å². The molecule has 1 N–H and O–H groups in total. The number of nitro benzene ring substituents is 1. The monoisotopic (exact) mass is 330 g/mol. The first kappa shape index (κ1) is 15.0. The number of nitrogens with zero attached hydrogens (tertiary/aromatic N) is 3. The minimum Gasteiger partial charge on any atom is -0.365 e. The predicted octanol–water partition coefficient (Wildman–Crippen LogP) is 3.86. The molecule has 6 nitrogen and oxygen atoms in total. The van der Waals surface area contributed by atoms with E-state index in [9.17, 15) is 14.5 Å². The average molecular weight is 330 g/mol. The van der Waals surface area contributed by atoms with E-state index in [0.29, 0.717) is 11.4 Å². The quantitative estimate of drug-likeness (QED) is 0.567. The fourth-order valence-electron chi connectivity index (χ4n) is 2.02. The fourth-order valence-corrected chi connectivity index (χ4v) is 2.81. The molecule has 0 aliphatic heterocycles. The van der Waals surface area contributed by atoms with Crippen LogP contribution in [0.15, 0.2) is 48.1 Å². The lowest BCUT2D eigenvalue weighted by atomic mass is 10.2. The maximum Gasteiger partial charge on any atom is 0.277 e. The van der Waals surface area contributed by atoms with Crippen molar-refractivity contribution < 1.29 is 9.31 Å². The van der Waals surface area contributed by atoms with Crippen LogP contribution in [0.4, 0.5) is 15.9 Å². The van der Waals surface area contributed by atoms with Crippen molar-refractivity contribution >= 4 is 22.8 Å². The molecule has 2 heterocycles. The van der Waals surface area contributed by atoms with E-state index in [1.807, 2.05) is 17.5 Å². The summed E-state index contributed by atoms with van der Waals surface area (Å²) < 4.78 is 13.1. The van der Waals surface area contributed by atoms with Gasteiger partial charge in [0, 0.05) is 35.4 Å². The molecule has 23 heavy (non-hydrogen) atoms. The van der Waals surface area contributed by atoms with Gasteiger partial charge in [-0.3, -0.25) is 15.1 Å². The van der Waals surface area contributed by atoms with Crippen LogP contribution < -0.4 is 5.32 Å². The number of pyridine rings is 1. The zero-order valence-corrected chi connectivity index (χ0v) is 12.6. The molecule has 0 saturated carbocycles. The second-order valence-electron chi connectivity index (χ2n) is 4.66. The van der Waals surface area contributed by atoms with Crippen LogP contribution in [-0.2, 0) is 6.54 Å². The van der Waals surface area contributed by atoms with Crippen molar-refractivity contribution in [3.8, 4) is 10.6 Å². The lowest BCUT2D eigenvalue weighted by molar-refractivity contribution is -0.385. The molecule has 3 aromatic rings. The number of benzene rings is 1. The first-order valence-electron chi connectivity index (χ1n) is 6.66. The molecule has 0 unspecified atom stereocenters. The van der Waals surface area contributed by atoms with Gasteiger partial charge in [0.2, 0.25) is 0 Å². The van der Waals surface area contributed by atoms with Gasteiger partial charge in [0.25, 0.3) is 5.69 Å². The van der Waals surface area contributed by atoms with Gasteiger partial charge in [0.05, 0.1) is 11.0 Å². The normalized spacial score (nSPS) is 10.5. The van der Waals surface area contributed by atoms with Gasteiger partial charge in [-0.1, -0.05) is 0 Å². The van der Waals surface area contributed by atoms with Crippen molar-refractivity contribution in [2.45, 2.75) is 6.54 Å². The molecular weight excluding hydrogens is 319 g/mol. The Bertz CT molecular complexity index is 839. The number of anilines is 1. The summed E-state index contributed by atoms with van der Waals surface area (Å²) >= 11 is 1.46. The molecule has 0 saturated heterocycles. The molecule has 3 rings (SSSR count). The minimum absolute atomic E-state index is 0.191. The summed E-state index contributed by atoms with van der Waals surface area (Å²) in [5, 5.41) is 16.6. The molecule has 0 radical (unpaired) electrons. The molecule has 1 aromatic carbocycles. The van der Waals surface area contributed by atoms with Crippen LogP contribution in [-0.4, -0.2) is 14.9 Å². The summed E-state index contributed by atoms with van der Waals surface area (Å²) in [7, 11) is 0. The molecule has 2 aromatic heterocycles. The highest BCUT2D eigenvalue weighted by Crippen LogP contribution is 2.26. The zero-order valence-electron chi connectivity index (χ0n) is 11.8. The van der Waals surface area contributed by atoms with Gasteiger partial charge in [-0.05, 0) is 24.3 Å². The summed E-state index contributed by atoms with van der Waals surface area (Å²) in [6.45, 7) is 0.191. The van der Waals surface area contributed by atoms with Gasteiger partial charge in [-0.15, -0.1) is 11.3 Å². The number of nitro groups is 1. The van der Waals surface area contributed by atoms with Crippen molar-refractivity contribution in [2.75, 3.05) is 5.32 Å². The number of rotatable bonds is 5. The molecule has 0 fully saturated rings. The summed E-state index contributed by atoms with van der Waals surface area (Å²) in [4.78, 5) is 18.7. The smallest absolute Gasteiger partial charge is 0.277 e. The SMILES string of the molecule is O=[N+]([O-])c1cc(F)ccc1CNc1csc(-c2ccncc2)n1. The molecule has 0 amide bonds. The van der Waals surface area contributed by atoms with E-state index >= 15 is 0 Å². The van der Waals surface area contributed by atoms with Crippen LogP contribution in [0.25, 0.3) is 10.6 Å². The lowest BCUT2D eigenvalue weighted by Gasteiger charge is -2.04. The summed E-state index contributed by atoms with van der Waals surface area (Å²) in [5.74, 6) is -0.0190. The fraction of sp³-hybridized carbons (Fsp3) is 0.0667. The minimum atomic E-state index is -0.630. The predicted molar refractivity (Wildman–Crippen MR) is 85.7 cm³/mol. The third-order valence-corrected chi connectivity index (χ3v) is 4.03. The van der Waals surface area contributed by atoms with E-state index in [0.717, 1.165) is 16.6 Å². The highest BCUT2D eigenvalue weighted by Gasteiger charge is 2.15. The van der Waals surface area contributed by atoms with E-state index < -0.39 is 10.7 Å². The van der Waals surface area contributed by atoms with Crippen LogP contribution in [0.1, 0.15) is 5.56 Å². The van der Waals surface area contributed by atoms with Crippen LogP contribution in [0.2, 0.25) is 0 Å². The van der Waals surface area contributed by atoms with Gasteiger partial charge < -0.3 is 5.32 Å². The van der Waals surface area contributed by atoms with Crippen molar-refractivity contribution in [1.82, 2.24) is 9.97 Å². The largest absolute Gasteiger partial charge is 0.365 e. The van der Waals surface area contributed by atoms with E-state index in [1.54, 1.807) is 12.4 Å². The molecule has 0 aliphatic carbocycles. The summed E-state index contributed by atoms with van der Waals surface area (Å²) in [6, 6.07) is 7.23. The number of halogens is 1. The molecule has 0 spiro atoms. The van der Waals surface area contributed by atoms with Crippen LogP contribution in [0.5, 0.6) is 0 Å². The average Bonchev–Trinajstić information content (AvgIpc) is 3.03. The maximum atomic E-state index is 13.1. The van der Waals surface area contributed by atoms with Crippen molar-refractivity contribution in [3.63, 3.8) is 0 Å². The number of hydrogen-bond donors (Lipinski definition) is 1. The van der Waals surface area contributed by atoms with Crippen molar-refractivity contribution in [1.29, 1.82) is 0 Å². The van der Waals surface area contributed by atoms with E-state index in [-0.39, 0.29) is 12.2 Å². The second-order valence-corrected chi connectivity index (χ2v) is 5.52. The van der Waals surface area contributed by atoms with Gasteiger partial charge in [0.15, 0.2) is 0 Å². The highest BCUT2D eigenvalue weighted by molar-refractivity contribution is 7.13. The van der Waals surface area contributed by atoms with E-state index in [4.69, 9.17) is 0 Å². The first-order chi connectivity index (χ1) is 11.1. The Morgan fingerprint density at radius 1 is 1.26 bits per heavy atom. The van der Waals surface area contributed by atoms with Crippen molar-refractivity contribution in [2.24, 2.45) is 0 Å². The van der Waals surface area contributed by atoms with Gasteiger partial charge in [0.1, 0.15) is 16.6 Å². The molecule has 0 bridgehead atoms. The number of nitrogens with one attached hydrogen (secondary N) is 1. The Labute approximate surface area is 134 Å². The third-order valence-electron chi connectivity index (χ3n) is 3.14. The zero-order chi connectivity index (χ0) is 16.2. The van der Waals surface area contributed by atoms with Crippen LogP contribution >= 0.6 is 11.3 Å². The Morgan fingerprint density at radius 2 is 2.04 bits per heavy atom. The summed E-state index contributed by atoms with van der Waals surface area (Å²) in [6.07, 6.45) is 3.37. The first-order valence-corrected chi connectivity index (χ1v) is 7.54. The second kappa shape index (κ2) is 6.49. The van der Waals surface area contributed by atoms with E-state index in [2.05, 4.69) is 15.3 Å². The van der Waals surface area contributed by atoms with Crippen molar-refractivity contribution in [3.05, 3.63) is 69.6 Å². The Balaban J connectivity index is 1.75. The maximum absolute atomic E-state index is 13.1.